The molecule has 7 nitrogen and oxygen atoms in total. The van der Waals surface area contributed by atoms with Gasteiger partial charge in [0, 0.05) is 12.6 Å². The number of amides is 1. The number of aromatic nitrogens is 2. The number of carbonyl (C=O) groups excluding carboxylic acids is 2. The summed E-state index contributed by atoms with van der Waals surface area (Å²) in [5, 5.41) is 2.68. The fourth-order valence-electron chi connectivity index (χ4n) is 2.39. The van der Waals surface area contributed by atoms with Gasteiger partial charge in [0.15, 0.2) is 6.61 Å². The number of hydrogen-bond donors (Lipinski definition) is 1. The van der Waals surface area contributed by atoms with E-state index in [-0.39, 0.29) is 12.5 Å². The Balaban J connectivity index is 1.44. The summed E-state index contributed by atoms with van der Waals surface area (Å²) in [5.41, 5.74) is 2.95. The molecule has 0 aliphatic heterocycles. The van der Waals surface area contributed by atoms with Crippen molar-refractivity contribution in [2.24, 2.45) is 0 Å². The van der Waals surface area contributed by atoms with Gasteiger partial charge in [0.1, 0.15) is 5.75 Å². The molecular weight excluding hydrogens is 358 g/mol. The Morgan fingerprint density at radius 3 is 2.57 bits per heavy atom. The highest BCUT2D eigenvalue weighted by molar-refractivity contribution is 5.89. The minimum atomic E-state index is -0.630. The summed E-state index contributed by atoms with van der Waals surface area (Å²) in [6.07, 6.45) is 4.28. The van der Waals surface area contributed by atoms with Crippen molar-refractivity contribution in [1.29, 1.82) is 0 Å². The van der Waals surface area contributed by atoms with Gasteiger partial charge >= 0.3 is 5.97 Å². The third-order valence-corrected chi connectivity index (χ3v) is 3.85. The summed E-state index contributed by atoms with van der Waals surface area (Å²) in [6, 6.07) is 14.7. The van der Waals surface area contributed by atoms with Gasteiger partial charge in [0.2, 0.25) is 0 Å². The van der Waals surface area contributed by atoms with Crippen molar-refractivity contribution in [3.63, 3.8) is 0 Å². The zero-order valence-corrected chi connectivity index (χ0v) is 15.3. The van der Waals surface area contributed by atoms with Crippen molar-refractivity contribution in [3.8, 4) is 5.75 Å². The molecule has 0 bridgehead atoms. The Kier molecular flexibility index (Phi) is 6.30. The average Bonchev–Trinajstić information content (AvgIpc) is 2.75. The molecule has 0 spiro atoms. The standard InChI is InChI=1S/C21H19N3O4/c1-27-17-9-6-15(7-10-17)12-23-20(25)14-28-21(26)11-8-16-13-22-18-4-2-3-5-19(18)24-16/h2-11,13H,12,14H2,1H3,(H,23,25). The Morgan fingerprint density at radius 2 is 1.82 bits per heavy atom. The molecule has 28 heavy (non-hydrogen) atoms. The molecule has 0 aliphatic carbocycles. The summed E-state index contributed by atoms with van der Waals surface area (Å²) >= 11 is 0. The van der Waals surface area contributed by atoms with Crippen LogP contribution < -0.4 is 10.1 Å². The minimum Gasteiger partial charge on any atom is -0.497 e. The maximum Gasteiger partial charge on any atom is 0.331 e. The van der Waals surface area contributed by atoms with Gasteiger partial charge in [-0.05, 0) is 35.9 Å². The van der Waals surface area contributed by atoms with Crippen molar-refractivity contribution >= 4 is 29.0 Å². The normalized spacial score (nSPS) is 10.8. The molecule has 0 saturated heterocycles. The molecule has 3 aromatic rings. The first-order valence-electron chi connectivity index (χ1n) is 8.60. The summed E-state index contributed by atoms with van der Waals surface area (Å²) in [6.45, 7) is -0.0222. The third-order valence-electron chi connectivity index (χ3n) is 3.85. The van der Waals surface area contributed by atoms with Crippen molar-refractivity contribution in [2.45, 2.75) is 6.54 Å². The van der Waals surface area contributed by atoms with E-state index < -0.39 is 5.97 Å². The molecule has 142 valence electrons. The predicted molar refractivity (Wildman–Crippen MR) is 104 cm³/mol. The minimum absolute atomic E-state index is 0.336. The van der Waals surface area contributed by atoms with Crippen LogP contribution in [-0.4, -0.2) is 35.6 Å². The number of ether oxygens (including phenoxy) is 2. The molecule has 0 saturated carbocycles. The number of benzene rings is 2. The van der Waals surface area contributed by atoms with Crippen LogP contribution in [0, 0.1) is 0 Å². The lowest BCUT2D eigenvalue weighted by molar-refractivity contribution is -0.143. The number of carbonyl (C=O) groups is 2. The zero-order valence-electron chi connectivity index (χ0n) is 15.3. The lowest BCUT2D eigenvalue weighted by Crippen LogP contribution is -2.28. The number of fused-ring (bicyclic) bond motifs is 1. The van der Waals surface area contributed by atoms with Gasteiger partial charge in [-0.1, -0.05) is 24.3 Å². The lowest BCUT2D eigenvalue weighted by atomic mass is 10.2. The van der Waals surface area contributed by atoms with E-state index in [2.05, 4.69) is 15.3 Å². The molecular formula is C21H19N3O4. The number of hydrogen-bond acceptors (Lipinski definition) is 6. The van der Waals surface area contributed by atoms with Crippen LogP contribution in [0.3, 0.4) is 0 Å². The SMILES string of the molecule is COc1ccc(CNC(=O)COC(=O)C=Cc2cnc3ccccc3n2)cc1. The Bertz CT molecular complexity index is 1000. The summed E-state index contributed by atoms with van der Waals surface area (Å²) < 4.78 is 10.0. The van der Waals surface area contributed by atoms with Crippen LogP contribution in [0.1, 0.15) is 11.3 Å². The van der Waals surface area contributed by atoms with Crippen molar-refractivity contribution in [2.75, 3.05) is 13.7 Å². The fourth-order valence-corrected chi connectivity index (χ4v) is 2.39. The number of methoxy groups -OCH3 is 1. The van der Waals surface area contributed by atoms with Gasteiger partial charge in [0.25, 0.3) is 5.91 Å². The zero-order chi connectivity index (χ0) is 19.8. The molecule has 1 N–H and O–H groups in total. The van der Waals surface area contributed by atoms with Crippen LogP contribution in [-0.2, 0) is 20.9 Å². The van der Waals surface area contributed by atoms with Crippen molar-refractivity contribution in [1.82, 2.24) is 15.3 Å². The second-order valence-electron chi connectivity index (χ2n) is 5.85. The van der Waals surface area contributed by atoms with E-state index in [1.807, 2.05) is 48.5 Å². The lowest BCUT2D eigenvalue weighted by Gasteiger charge is -2.06. The third kappa shape index (κ3) is 5.38. The predicted octanol–water partition coefficient (Wildman–Crippen LogP) is 2.51. The molecule has 7 heteroatoms. The first-order chi connectivity index (χ1) is 13.6. The average molecular weight is 377 g/mol. The van der Waals surface area contributed by atoms with Crippen molar-refractivity contribution in [3.05, 3.63) is 72.1 Å². The molecule has 0 radical (unpaired) electrons. The quantitative estimate of drug-likeness (QED) is 0.503. The maximum atomic E-state index is 11.8. The van der Waals surface area contributed by atoms with E-state index in [1.165, 1.54) is 12.2 Å². The molecule has 0 aliphatic rings. The van der Waals surface area contributed by atoms with Crippen LogP contribution in [0.5, 0.6) is 5.75 Å². The molecule has 1 amide bonds. The number of para-hydroxylation sites is 2. The Hall–Kier alpha value is -3.74. The monoisotopic (exact) mass is 377 g/mol. The van der Waals surface area contributed by atoms with Gasteiger partial charge in [-0.3, -0.25) is 9.78 Å². The second kappa shape index (κ2) is 9.27. The van der Waals surface area contributed by atoms with Gasteiger partial charge in [0.05, 0.1) is 30.0 Å². The van der Waals surface area contributed by atoms with Gasteiger partial charge in [-0.25, -0.2) is 9.78 Å². The molecule has 0 fully saturated rings. The number of esters is 1. The summed E-state index contributed by atoms with van der Waals surface area (Å²) in [7, 11) is 1.59. The van der Waals surface area contributed by atoms with Gasteiger partial charge in [-0.15, -0.1) is 0 Å². The Morgan fingerprint density at radius 1 is 1.07 bits per heavy atom. The van der Waals surface area contributed by atoms with E-state index in [0.717, 1.165) is 22.3 Å². The summed E-state index contributed by atoms with van der Waals surface area (Å²) in [5.74, 6) is -0.274. The van der Waals surface area contributed by atoms with E-state index in [9.17, 15) is 9.59 Å². The smallest absolute Gasteiger partial charge is 0.331 e. The van der Waals surface area contributed by atoms with E-state index in [4.69, 9.17) is 9.47 Å². The largest absolute Gasteiger partial charge is 0.497 e. The summed E-state index contributed by atoms with van der Waals surface area (Å²) in [4.78, 5) is 32.2. The van der Waals surface area contributed by atoms with Crippen LogP contribution in [0.4, 0.5) is 0 Å². The van der Waals surface area contributed by atoms with Crippen LogP contribution in [0.2, 0.25) is 0 Å². The Labute approximate surface area is 162 Å². The number of nitrogens with one attached hydrogen (secondary N) is 1. The highest BCUT2D eigenvalue weighted by atomic mass is 16.5. The highest BCUT2D eigenvalue weighted by Crippen LogP contribution is 2.11. The second-order valence-corrected chi connectivity index (χ2v) is 5.85. The van der Waals surface area contributed by atoms with Crippen molar-refractivity contribution < 1.29 is 19.1 Å². The van der Waals surface area contributed by atoms with Crippen LogP contribution >= 0.6 is 0 Å². The molecule has 0 atom stereocenters. The highest BCUT2D eigenvalue weighted by Gasteiger charge is 2.05. The maximum absolute atomic E-state index is 11.8. The molecule has 2 aromatic carbocycles. The number of rotatable bonds is 7. The molecule has 3 rings (SSSR count). The van der Waals surface area contributed by atoms with E-state index in [0.29, 0.717) is 12.2 Å². The molecule has 1 aromatic heterocycles. The van der Waals surface area contributed by atoms with E-state index >= 15 is 0 Å². The molecule has 0 unspecified atom stereocenters. The number of nitrogens with zero attached hydrogens (tertiary/aromatic N) is 2. The van der Waals surface area contributed by atoms with E-state index in [1.54, 1.807) is 13.3 Å². The first-order valence-corrected chi connectivity index (χ1v) is 8.60. The van der Waals surface area contributed by atoms with Gasteiger partial charge < -0.3 is 14.8 Å². The molecule has 1 heterocycles. The topological polar surface area (TPSA) is 90.4 Å². The fraction of sp³-hybridized carbons (Fsp3) is 0.143. The van der Waals surface area contributed by atoms with Crippen LogP contribution in [0.25, 0.3) is 17.1 Å². The van der Waals surface area contributed by atoms with Crippen LogP contribution in [0.15, 0.2) is 60.8 Å². The first kappa shape index (κ1) is 19.0. The van der Waals surface area contributed by atoms with Gasteiger partial charge in [-0.2, -0.15) is 0 Å².